The molecule has 0 atom stereocenters. The van der Waals surface area contributed by atoms with Crippen LogP contribution in [-0.2, 0) is 18.5 Å². The monoisotopic (exact) mass is 459 g/mol. The van der Waals surface area contributed by atoms with Crippen molar-refractivity contribution in [3.63, 3.8) is 0 Å². The number of halogens is 3. The van der Waals surface area contributed by atoms with Gasteiger partial charge in [-0.2, -0.15) is 13.2 Å². The molecule has 1 fully saturated rings. The van der Waals surface area contributed by atoms with Crippen LogP contribution in [0, 0.1) is 0 Å². The number of hydrogen-bond acceptors (Lipinski definition) is 4. The number of thioether (sulfide) groups is 1. The number of ether oxygens (including phenoxy) is 1. The van der Waals surface area contributed by atoms with Crippen molar-refractivity contribution in [2.24, 2.45) is 0 Å². The maximum absolute atomic E-state index is 13.0. The zero-order valence-electron chi connectivity index (χ0n) is 17.5. The molecule has 4 rings (SSSR count). The van der Waals surface area contributed by atoms with Gasteiger partial charge in [0.25, 0.3) is 0 Å². The van der Waals surface area contributed by atoms with Crippen LogP contribution in [0.2, 0.25) is 0 Å². The van der Waals surface area contributed by atoms with Crippen molar-refractivity contribution < 1.29 is 17.9 Å². The summed E-state index contributed by atoms with van der Waals surface area (Å²) < 4.78 is 46.9. The van der Waals surface area contributed by atoms with Gasteiger partial charge in [0.1, 0.15) is 5.75 Å². The first kappa shape index (κ1) is 22.5. The molecule has 0 spiro atoms. The minimum absolute atomic E-state index is 0.295. The minimum Gasteiger partial charge on any atom is -0.490 e. The van der Waals surface area contributed by atoms with Crippen LogP contribution < -0.4 is 4.74 Å². The first-order chi connectivity index (χ1) is 15.4. The molecular weight excluding hydrogens is 435 g/mol. The molecule has 1 saturated carbocycles. The molecule has 4 nitrogen and oxygen atoms in total. The molecule has 0 radical (unpaired) electrons. The largest absolute Gasteiger partial charge is 0.490 e. The standard InChI is InChI=1S/C24H24F3N3OS/c1-2-14-30-22(18-10-12-21(13-11-18)31-20-8-3-4-9-20)28-29-23(30)32-16-17-6-5-7-19(15-17)24(25,26)27/h2,5-7,10-13,15,20H,1,3-4,8-9,14,16H2. The quantitative estimate of drug-likeness (QED) is 0.275. The first-order valence-electron chi connectivity index (χ1n) is 10.5. The summed E-state index contributed by atoms with van der Waals surface area (Å²) in [5.41, 5.74) is 0.820. The maximum atomic E-state index is 13.0. The van der Waals surface area contributed by atoms with E-state index in [1.807, 2.05) is 28.8 Å². The van der Waals surface area contributed by atoms with Gasteiger partial charge in [-0.3, -0.25) is 4.57 Å². The predicted molar refractivity (Wildman–Crippen MR) is 120 cm³/mol. The molecule has 8 heteroatoms. The Morgan fingerprint density at radius 3 is 2.53 bits per heavy atom. The Morgan fingerprint density at radius 1 is 1.09 bits per heavy atom. The molecule has 0 amide bonds. The fraction of sp³-hybridized carbons (Fsp3) is 0.333. The highest BCUT2D eigenvalue weighted by atomic mass is 32.2. The van der Waals surface area contributed by atoms with Gasteiger partial charge in [-0.15, -0.1) is 16.8 Å². The van der Waals surface area contributed by atoms with E-state index in [0.717, 1.165) is 30.2 Å². The summed E-state index contributed by atoms with van der Waals surface area (Å²) in [6.07, 6.45) is 2.32. The molecule has 1 aromatic heterocycles. The second kappa shape index (κ2) is 9.81. The van der Waals surface area contributed by atoms with Gasteiger partial charge in [-0.1, -0.05) is 36.0 Å². The van der Waals surface area contributed by atoms with Gasteiger partial charge in [0.05, 0.1) is 11.7 Å². The van der Waals surface area contributed by atoms with Gasteiger partial charge < -0.3 is 4.74 Å². The van der Waals surface area contributed by atoms with Gasteiger partial charge in [-0.05, 0) is 61.6 Å². The Kier molecular flexibility index (Phi) is 6.89. The third-order valence-electron chi connectivity index (χ3n) is 5.37. The Morgan fingerprint density at radius 2 is 1.84 bits per heavy atom. The van der Waals surface area contributed by atoms with Gasteiger partial charge in [0.2, 0.25) is 0 Å². The van der Waals surface area contributed by atoms with Crippen LogP contribution in [0.4, 0.5) is 13.2 Å². The normalized spacial score (nSPS) is 14.6. The predicted octanol–water partition coefficient (Wildman–Crippen LogP) is 6.76. The molecule has 1 heterocycles. The van der Waals surface area contributed by atoms with Crippen LogP contribution in [-0.4, -0.2) is 20.9 Å². The lowest BCUT2D eigenvalue weighted by Gasteiger charge is -2.13. The summed E-state index contributed by atoms with van der Waals surface area (Å²) in [5, 5.41) is 9.24. The average molecular weight is 460 g/mol. The molecule has 0 unspecified atom stereocenters. The number of alkyl halides is 3. The number of hydrogen-bond donors (Lipinski definition) is 0. The van der Waals surface area contributed by atoms with E-state index in [1.54, 1.807) is 12.1 Å². The fourth-order valence-corrected chi connectivity index (χ4v) is 4.66. The summed E-state index contributed by atoms with van der Waals surface area (Å²) in [4.78, 5) is 0. The zero-order chi connectivity index (χ0) is 22.6. The van der Waals surface area contributed by atoms with Gasteiger partial charge in [-0.25, -0.2) is 0 Å². The molecule has 168 valence electrons. The minimum atomic E-state index is -4.36. The highest BCUT2D eigenvalue weighted by Gasteiger charge is 2.30. The van der Waals surface area contributed by atoms with Crippen molar-refractivity contribution in [1.29, 1.82) is 0 Å². The summed E-state index contributed by atoms with van der Waals surface area (Å²) in [6, 6.07) is 13.1. The van der Waals surface area contributed by atoms with Crippen molar-refractivity contribution in [1.82, 2.24) is 14.8 Å². The number of allylic oxidation sites excluding steroid dienone is 1. The van der Waals surface area contributed by atoms with E-state index >= 15 is 0 Å². The SMILES string of the molecule is C=CCn1c(SCc2cccc(C(F)(F)F)c2)nnc1-c1ccc(OC2CCCC2)cc1. The molecule has 0 bridgehead atoms. The van der Waals surface area contributed by atoms with Crippen molar-refractivity contribution in [3.8, 4) is 17.1 Å². The van der Waals surface area contributed by atoms with E-state index in [9.17, 15) is 13.2 Å². The van der Waals surface area contributed by atoms with Gasteiger partial charge >= 0.3 is 6.18 Å². The van der Waals surface area contributed by atoms with Crippen molar-refractivity contribution in [2.75, 3.05) is 0 Å². The van der Waals surface area contributed by atoms with Crippen molar-refractivity contribution >= 4 is 11.8 Å². The summed E-state index contributed by atoms with van der Waals surface area (Å²) in [7, 11) is 0. The molecule has 0 N–H and O–H groups in total. The third-order valence-corrected chi connectivity index (χ3v) is 6.41. The van der Waals surface area contributed by atoms with E-state index in [4.69, 9.17) is 4.74 Å². The van der Waals surface area contributed by atoms with Crippen LogP contribution >= 0.6 is 11.8 Å². The van der Waals surface area contributed by atoms with Crippen LogP contribution in [0.15, 0.2) is 66.3 Å². The summed E-state index contributed by atoms with van der Waals surface area (Å²) in [6.45, 7) is 4.30. The lowest BCUT2D eigenvalue weighted by atomic mass is 10.1. The Hall–Kier alpha value is -2.74. The molecule has 0 aliphatic heterocycles. The van der Waals surface area contributed by atoms with E-state index in [1.165, 1.54) is 36.7 Å². The molecule has 3 aromatic rings. The van der Waals surface area contributed by atoms with Crippen LogP contribution in [0.5, 0.6) is 5.75 Å². The van der Waals surface area contributed by atoms with E-state index in [-0.39, 0.29) is 0 Å². The van der Waals surface area contributed by atoms with E-state index in [2.05, 4.69) is 16.8 Å². The van der Waals surface area contributed by atoms with Crippen molar-refractivity contribution in [2.45, 2.75) is 55.4 Å². The molecule has 1 aliphatic carbocycles. The fourth-order valence-electron chi connectivity index (χ4n) is 3.77. The summed E-state index contributed by atoms with van der Waals surface area (Å²) in [5.74, 6) is 1.88. The Labute approximate surface area is 189 Å². The number of benzene rings is 2. The summed E-state index contributed by atoms with van der Waals surface area (Å²) >= 11 is 1.35. The Bertz CT molecular complexity index is 1060. The number of rotatable bonds is 8. The van der Waals surface area contributed by atoms with E-state index < -0.39 is 11.7 Å². The molecule has 2 aromatic carbocycles. The average Bonchev–Trinajstić information content (AvgIpc) is 3.43. The van der Waals surface area contributed by atoms with Crippen LogP contribution in [0.25, 0.3) is 11.4 Å². The maximum Gasteiger partial charge on any atom is 0.416 e. The highest BCUT2D eigenvalue weighted by Crippen LogP contribution is 2.32. The molecule has 32 heavy (non-hydrogen) atoms. The van der Waals surface area contributed by atoms with Gasteiger partial charge in [0, 0.05) is 17.9 Å². The van der Waals surface area contributed by atoms with Crippen LogP contribution in [0.1, 0.15) is 36.8 Å². The lowest BCUT2D eigenvalue weighted by molar-refractivity contribution is -0.137. The number of aromatic nitrogens is 3. The number of nitrogens with zero attached hydrogens (tertiary/aromatic N) is 3. The van der Waals surface area contributed by atoms with E-state index in [0.29, 0.717) is 34.9 Å². The molecular formula is C24H24F3N3OS. The Balaban J connectivity index is 1.49. The molecule has 1 aliphatic rings. The second-order valence-electron chi connectivity index (χ2n) is 7.74. The zero-order valence-corrected chi connectivity index (χ0v) is 18.3. The topological polar surface area (TPSA) is 39.9 Å². The highest BCUT2D eigenvalue weighted by molar-refractivity contribution is 7.98. The third kappa shape index (κ3) is 5.35. The van der Waals surface area contributed by atoms with Gasteiger partial charge in [0.15, 0.2) is 11.0 Å². The second-order valence-corrected chi connectivity index (χ2v) is 8.68. The molecule has 0 saturated heterocycles. The lowest BCUT2D eigenvalue weighted by Crippen LogP contribution is -2.10. The smallest absolute Gasteiger partial charge is 0.416 e. The van der Waals surface area contributed by atoms with Crippen molar-refractivity contribution in [3.05, 3.63) is 72.3 Å². The first-order valence-corrected chi connectivity index (χ1v) is 11.5. The van der Waals surface area contributed by atoms with Crippen LogP contribution in [0.3, 0.4) is 0 Å².